The van der Waals surface area contributed by atoms with Crippen molar-refractivity contribution < 1.29 is 9.18 Å². The molecule has 0 aliphatic rings. The number of carbonyl (C=O) groups excluding carboxylic acids is 1. The Morgan fingerprint density at radius 3 is 2.63 bits per heavy atom. The maximum atomic E-state index is 13.0. The number of carbonyl (C=O) groups is 1. The van der Waals surface area contributed by atoms with Crippen LogP contribution in [0.4, 0.5) is 9.52 Å². The number of halogens is 1. The molecule has 2 aromatic carbocycles. The van der Waals surface area contributed by atoms with Crippen LogP contribution in [0.5, 0.6) is 0 Å². The van der Waals surface area contributed by atoms with E-state index in [2.05, 4.69) is 15.4 Å². The van der Waals surface area contributed by atoms with Gasteiger partial charge < -0.3 is 0 Å². The topological polar surface area (TPSA) is 59.8 Å². The van der Waals surface area contributed by atoms with E-state index in [0.717, 1.165) is 16.1 Å². The fourth-order valence-corrected chi connectivity index (χ4v) is 3.42. The summed E-state index contributed by atoms with van der Waals surface area (Å²) in [7, 11) is 0. The SMILES string of the molecule is O=C(Nc1ncc(Cc2ccc(F)cc2)s1)c1cnn(-c2ccccc2)c1. The number of para-hydroxylation sites is 1. The van der Waals surface area contributed by atoms with Crippen LogP contribution in [0.2, 0.25) is 0 Å². The van der Waals surface area contributed by atoms with Crippen LogP contribution in [-0.4, -0.2) is 20.7 Å². The molecule has 1 N–H and O–H groups in total. The van der Waals surface area contributed by atoms with Gasteiger partial charge in [-0.25, -0.2) is 14.1 Å². The van der Waals surface area contributed by atoms with Crippen molar-refractivity contribution >= 4 is 22.4 Å². The third kappa shape index (κ3) is 4.09. The Hall–Kier alpha value is -3.32. The molecule has 0 aliphatic heterocycles. The molecule has 0 saturated carbocycles. The fraction of sp³-hybridized carbons (Fsp3) is 0.0500. The average molecular weight is 378 g/mol. The highest BCUT2D eigenvalue weighted by Gasteiger charge is 2.12. The minimum absolute atomic E-state index is 0.257. The Kier molecular flexibility index (Phi) is 4.76. The Labute approximate surface area is 159 Å². The van der Waals surface area contributed by atoms with Gasteiger partial charge in [0.2, 0.25) is 0 Å². The first kappa shape index (κ1) is 17.1. The molecule has 1 amide bonds. The molecule has 27 heavy (non-hydrogen) atoms. The van der Waals surface area contributed by atoms with Crippen LogP contribution in [0.1, 0.15) is 20.8 Å². The summed E-state index contributed by atoms with van der Waals surface area (Å²) in [4.78, 5) is 17.7. The van der Waals surface area contributed by atoms with Crippen molar-refractivity contribution in [2.75, 3.05) is 5.32 Å². The number of benzene rings is 2. The third-order valence-corrected chi connectivity index (χ3v) is 4.84. The van der Waals surface area contributed by atoms with Crippen molar-refractivity contribution in [3.05, 3.63) is 95.0 Å². The van der Waals surface area contributed by atoms with Crippen molar-refractivity contribution in [2.24, 2.45) is 0 Å². The third-order valence-electron chi connectivity index (χ3n) is 3.93. The lowest BCUT2D eigenvalue weighted by Gasteiger charge is -2.00. The van der Waals surface area contributed by atoms with Gasteiger partial charge in [0, 0.05) is 23.7 Å². The number of rotatable bonds is 5. The standard InChI is InChI=1S/C20H15FN4OS/c21-16-8-6-14(7-9-16)10-18-12-22-20(27-18)24-19(26)15-11-23-25(13-15)17-4-2-1-3-5-17/h1-9,11-13H,10H2,(H,22,24,26). The molecular weight excluding hydrogens is 363 g/mol. The molecule has 0 spiro atoms. The van der Waals surface area contributed by atoms with Gasteiger partial charge in [0.15, 0.2) is 5.13 Å². The lowest BCUT2D eigenvalue weighted by atomic mass is 10.1. The zero-order valence-electron chi connectivity index (χ0n) is 14.2. The summed E-state index contributed by atoms with van der Waals surface area (Å²) >= 11 is 1.39. The minimum atomic E-state index is -0.264. The van der Waals surface area contributed by atoms with E-state index in [1.807, 2.05) is 30.3 Å². The Morgan fingerprint density at radius 1 is 1.07 bits per heavy atom. The summed E-state index contributed by atoms with van der Waals surface area (Å²) in [5.41, 5.74) is 2.32. The van der Waals surface area contributed by atoms with E-state index in [9.17, 15) is 9.18 Å². The minimum Gasteiger partial charge on any atom is -0.298 e. The number of hydrogen-bond donors (Lipinski definition) is 1. The van der Waals surface area contributed by atoms with Gasteiger partial charge in [-0.3, -0.25) is 10.1 Å². The highest BCUT2D eigenvalue weighted by atomic mass is 32.1. The second kappa shape index (κ2) is 7.51. The first-order valence-corrected chi connectivity index (χ1v) is 9.09. The molecule has 2 aromatic heterocycles. The molecule has 0 atom stereocenters. The maximum Gasteiger partial charge on any atom is 0.260 e. The fourth-order valence-electron chi connectivity index (χ4n) is 2.58. The van der Waals surface area contributed by atoms with Gasteiger partial charge in [0.1, 0.15) is 5.82 Å². The molecule has 5 nitrogen and oxygen atoms in total. The smallest absolute Gasteiger partial charge is 0.260 e. The first-order valence-electron chi connectivity index (χ1n) is 8.28. The molecule has 0 unspecified atom stereocenters. The predicted molar refractivity (Wildman–Crippen MR) is 103 cm³/mol. The Morgan fingerprint density at radius 2 is 1.85 bits per heavy atom. The molecule has 7 heteroatoms. The molecular formula is C20H15FN4OS. The molecule has 4 aromatic rings. The molecule has 134 valence electrons. The van der Waals surface area contributed by atoms with Gasteiger partial charge in [-0.05, 0) is 29.8 Å². The van der Waals surface area contributed by atoms with Crippen LogP contribution >= 0.6 is 11.3 Å². The zero-order chi connectivity index (χ0) is 18.6. The van der Waals surface area contributed by atoms with E-state index in [1.54, 1.807) is 29.2 Å². The van der Waals surface area contributed by atoms with E-state index >= 15 is 0 Å². The summed E-state index contributed by atoms with van der Waals surface area (Å²) < 4.78 is 14.6. The quantitative estimate of drug-likeness (QED) is 0.563. The van der Waals surface area contributed by atoms with Crippen molar-refractivity contribution in [3.8, 4) is 5.69 Å². The second-order valence-corrected chi connectivity index (χ2v) is 7.01. The first-order chi connectivity index (χ1) is 13.2. The van der Waals surface area contributed by atoms with Gasteiger partial charge in [-0.15, -0.1) is 11.3 Å². The number of aromatic nitrogens is 3. The number of nitrogens with one attached hydrogen (secondary N) is 1. The summed E-state index contributed by atoms with van der Waals surface area (Å²) in [5.74, 6) is -0.521. The Balaban J connectivity index is 1.42. The van der Waals surface area contributed by atoms with E-state index in [4.69, 9.17) is 0 Å². The summed E-state index contributed by atoms with van der Waals surface area (Å²) in [6.07, 6.45) is 5.56. The lowest BCUT2D eigenvalue weighted by Crippen LogP contribution is -2.10. The normalized spacial score (nSPS) is 10.7. The van der Waals surface area contributed by atoms with Crippen LogP contribution < -0.4 is 5.32 Å². The van der Waals surface area contributed by atoms with Gasteiger partial charge >= 0.3 is 0 Å². The average Bonchev–Trinajstić information content (AvgIpc) is 3.34. The van der Waals surface area contributed by atoms with Crippen molar-refractivity contribution in [1.29, 1.82) is 0 Å². The number of nitrogens with zero attached hydrogens (tertiary/aromatic N) is 3. The van der Waals surface area contributed by atoms with E-state index < -0.39 is 0 Å². The molecule has 0 bridgehead atoms. The zero-order valence-corrected chi connectivity index (χ0v) is 15.0. The maximum absolute atomic E-state index is 13.0. The van der Waals surface area contributed by atoms with Crippen molar-refractivity contribution in [2.45, 2.75) is 6.42 Å². The van der Waals surface area contributed by atoms with Crippen LogP contribution in [0, 0.1) is 5.82 Å². The number of anilines is 1. The number of thiazole rings is 1. The van der Waals surface area contributed by atoms with Gasteiger partial charge in [0.25, 0.3) is 5.91 Å². The molecule has 2 heterocycles. The Bertz CT molecular complexity index is 1060. The summed E-state index contributed by atoms with van der Waals surface area (Å²) in [5, 5.41) is 7.54. The van der Waals surface area contributed by atoms with Gasteiger partial charge in [0.05, 0.1) is 17.4 Å². The molecule has 0 saturated heterocycles. The van der Waals surface area contributed by atoms with Crippen molar-refractivity contribution in [3.63, 3.8) is 0 Å². The lowest BCUT2D eigenvalue weighted by molar-refractivity contribution is 0.102. The van der Waals surface area contributed by atoms with Crippen LogP contribution in [-0.2, 0) is 6.42 Å². The highest BCUT2D eigenvalue weighted by molar-refractivity contribution is 7.15. The molecule has 0 radical (unpaired) electrons. The van der Waals surface area contributed by atoms with Gasteiger partial charge in [-0.2, -0.15) is 5.10 Å². The van der Waals surface area contributed by atoms with Crippen LogP contribution in [0.3, 0.4) is 0 Å². The van der Waals surface area contributed by atoms with Crippen LogP contribution in [0.25, 0.3) is 5.69 Å². The molecule has 4 rings (SSSR count). The molecule has 0 aliphatic carbocycles. The monoisotopic (exact) mass is 378 g/mol. The molecule has 0 fully saturated rings. The largest absolute Gasteiger partial charge is 0.298 e. The highest BCUT2D eigenvalue weighted by Crippen LogP contribution is 2.22. The predicted octanol–water partition coefficient (Wildman–Crippen LogP) is 4.31. The van der Waals surface area contributed by atoms with E-state index in [-0.39, 0.29) is 11.7 Å². The number of amides is 1. The number of hydrogen-bond acceptors (Lipinski definition) is 4. The summed E-state index contributed by atoms with van der Waals surface area (Å²) in [6.45, 7) is 0. The van der Waals surface area contributed by atoms with Crippen LogP contribution in [0.15, 0.2) is 73.2 Å². The summed E-state index contributed by atoms with van der Waals surface area (Å²) in [6, 6.07) is 15.9. The van der Waals surface area contributed by atoms with E-state index in [1.165, 1.54) is 29.7 Å². The second-order valence-electron chi connectivity index (χ2n) is 5.90. The van der Waals surface area contributed by atoms with Gasteiger partial charge in [-0.1, -0.05) is 30.3 Å². The van der Waals surface area contributed by atoms with E-state index in [0.29, 0.717) is 17.1 Å². The van der Waals surface area contributed by atoms with Crippen molar-refractivity contribution in [1.82, 2.24) is 14.8 Å².